The number of aromatic nitrogens is 4. The van der Waals surface area contributed by atoms with Crippen LogP contribution in [0.5, 0.6) is 0 Å². The maximum Gasteiger partial charge on any atom is 0.262 e. The van der Waals surface area contributed by atoms with Crippen molar-refractivity contribution in [2.75, 3.05) is 12.4 Å². The highest BCUT2D eigenvalue weighted by molar-refractivity contribution is 7.99. The Morgan fingerprint density at radius 2 is 2.12 bits per heavy atom. The quantitative estimate of drug-likeness (QED) is 0.299. The molecule has 4 aromatic rings. The summed E-state index contributed by atoms with van der Waals surface area (Å²) in [6.07, 6.45) is 1.92. The summed E-state index contributed by atoms with van der Waals surface area (Å²) in [6.45, 7) is 0.0624. The van der Waals surface area contributed by atoms with E-state index in [0.717, 1.165) is 27.9 Å². The van der Waals surface area contributed by atoms with Gasteiger partial charge in [0, 0.05) is 6.42 Å². The van der Waals surface area contributed by atoms with Crippen molar-refractivity contribution < 1.29 is 14.3 Å². The van der Waals surface area contributed by atoms with E-state index >= 15 is 0 Å². The lowest BCUT2D eigenvalue weighted by Crippen LogP contribution is -2.28. The van der Waals surface area contributed by atoms with E-state index < -0.39 is 0 Å². The summed E-state index contributed by atoms with van der Waals surface area (Å²) in [5.74, 6) is -0.625. The number of benzene rings is 1. The molecule has 9 nitrogen and oxygen atoms in total. The van der Waals surface area contributed by atoms with Gasteiger partial charge in [0.25, 0.3) is 11.5 Å². The normalized spacial score (nSPS) is 15.8. The van der Waals surface area contributed by atoms with Crippen molar-refractivity contribution in [1.29, 1.82) is 0 Å². The van der Waals surface area contributed by atoms with Crippen LogP contribution in [0.15, 0.2) is 63.0 Å². The van der Waals surface area contributed by atoms with E-state index in [9.17, 15) is 19.1 Å². The van der Waals surface area contributed by atoms with Crippen molar-refractivity contribution in [3.8, 4) is 0 Å². The summed E-state index contributed by atoms with van der Waals surface area (Å²) in [4.78, 5) is 33.6. The molecule has 5 rings (SSSR count). The fourth-order valence-corrected chi connectivity index (χ4v) is 5.17. The van der Waals surface area contributed by atoms with Crippen molar-refractivity contribution in [2.24, 2.45) is 5.10 Å². The molecule has 1 atom stereocenters. The molecular formula is C22H19FN6O3S2. The minimum Gasteiger partial charge on any atom is -0.394 e. The molecular weight excluding hydrogens is 479 g/mol. The largest absolute Gasteiger partial charge is 0.394 e. The maximum atomic E-state index is 13.5. The van der Waals surface area contributed by atoms with Gasteiger partial charge in [0.05, 0.1) is 41.7 Å². The molecule has 12 heteroatoms. The predicted molar refractivity (Wildman–Crippen MR) is 127 cm³/mol. The Balaban J connectivity index is 1.39. The van der Waals surface area contributed by atoms with Crippen LogP contribution < -0.4 is 5.56 Å². The van der Waals surface area contributed by atoms with E-state index in [2.05, 4.69) is 20.2 Å². The van der Waals surface area contributed by atoms with Crippen LogP contribution in [0.3, 0.4) is 0 Å². The highest BCUT2D eigenvalue weighted by Gasteiger charge is 2.33. The van der Waals surface area contributed by atoms with Gasteiger partial charge >= 0.3 is 0 Å². The number of aromatic amines is 1. The summed E-state index contributed by atoms with van der Waals surface area (Å²) >= 11 is 2.63. The van der Waals surface area contributed by atoms with Crippen LogP contribution in [-0.4, -0.2) is 53.8 Å². The molecule has 0 saturated carbocycles. The van der Waals surface area contributed by atoms with Gasteiger partial charge in [-0.3, -0.25) is 9.59 Å². The molecule has 1 unspecified atom stereocenters. The van der Waals surface area contributed by atoms with Gasteiger partial charge in [0.2, 0.25) is 0 Å². The minimum atomic E-state index is -0.368. The second kappa shape index (κ2) is 9.49. The third-order valence-electron chi connectivity index (χ3n) is 5.35. The van der Waals surface area contributed by atoms with Crippen molar-refractivity contribution >= 4 is 45.8 Å². The van der Waals surface area contributed by atoms with Crippen LogP contribution in [0.25, 0.3) is 11.0 Å². The molecule has 0 saturated heterocycles. The molecule has 0 radical (unpaired) electrons. The van der Waals surface area contributed by atoms with Gasteiger partial charge in [-0.15, -0.1) is 11.3 Å². The van der Waals surface area contributed by atoms with E-state index in [4.69, 9.17) is 0 Å². The van der Waals surface area contributed by atoms with Crippen LogP contribution in [0.2, 0.25) is 0 Å². The number of hydrazone groups is 1. The van der Waals surface area contributed by atoms with Gasteiger partial charge in [-0.2, -0.15) is 10.2 Å². The molecule has 1 aliphatic rings. The number of amides is 1. The average Bonchev–Trinajstić information content (AvgIpc) is 3.58. The second-order valence-electron chi connectivity index (χ2n) is 7.52. The summed E-state index contributed by atoms with van der Waals surface area (Å²) in [6, 6.07) is 9.59. The lowest BCUT2D eigenvalue weighted by Gasteiger charge is -2.21. The number of H-pyrrole nitrogens is 1. The number of nitrogens with zero attached hydrogens (tertiary/aromatic N) is 5. The Kier molecular flexibility index (Phi) is 6.26. The number of rotatable bonds is 7. The van der Waals surface area contributed by atoms with E-state index in [1.54, 1.807) is 23.5 Å². The Bertz CT molecular complexity index is 1410. The Morgan fingerprint density at radius 3 is 2.85 bits per heavy atom. The van der Waals surface area contributed by atoms with E-state index in [-0.39, 0.29) is 47.4 Å². The number of nitrogens with one attached hydrogen (secondary N) is 1. The number of fused-ring (bicyclic) bond motifs is 1. The van der Waals surface area contributed by atoms with Crippen LogP contribution in [0.1, 0.15) is 22.9 Å². The van der Waals surface area contributed by atoms with Crippen molar-refractivity contribution in [2.45, 2.75) is 24.2 Å². The topological polar surface area (TPSA) is 116 Å². The number of aliphatic hydroxyl groups is 1. The second-order valence-corrected chi connectivity index (χ2v) is 9.43. The molecule has 2 N–H and O–H groups in total. The Hall–Kier alpha value is -3.35. The number of thiophene rings is 1. The lowest BCUT2D eigenvalue weighted by atomic mass is 10.0. The maximum absolute atomic E-state index is 13.5. The van der Waals surface area contributed by atoms with Crippen LogP contribution >= 0.6 is 23.1 Å². The molecule has 1 amide bonds. The molecule has 34 heavy (non-hydrogen) atoms. The monoisotopic (exact) mass is 498 g/mol. The number of aliphatic hydroxyl groups excluding tert-OH is 1. The fourth-order valence-electron chi connectivity index (χ4n) is 3.74. The number of carbonyl (C=O) groups excluding carboxylic acids is 1. The molecule has 0 fully saturated rings. The van der Waals surface area contributed by atoms with Crippen LogP contribution in [0, 0.1) is 5.82 Å². The summed E-state index contributed by atoms with van der Waals surface area (Å²) < 4.78 is 14.9. The molecule has 4 heterocycles. The van der Waals surface area contributed by atoms with E-state index in [0.29, 0.717) is 17.5 Å². The number of carbonyl (C=O) groups is 1. The molecule has 1 aliphatic heterocycles. The van der Waals surface area contributed by atoms with Crippen molar-refractivity contribution in [3.05, 3.63) is 74.6 Å². The Morgan fingerprint density at radius 1 is 1.29 bits per heavy atom. The van der Waals surface area contributed by atoms with Gasteiger partial charge < -0.3 is 10.1 Å². The van der Waals surface area contributed by atoms with E-state index in [1.807, 2.05) is 17.5 Å². The Labute approximate surface area is 200 Å². The van der Waals surface area contributed by atoms with Gasteiger partial charge in [-0.1, -0.05) is 30.0 Å². The van der Waals surface area contributed by atoms with Crippen molar-refractivity contribution in [1.82, 2.24) is 24.8 Å². The zero-order valence-electron chi connectivity index (χ0n) is 17.7. The summed E-state index contributed by atoms with van der Waals surface area (Å²) in [7, 11) is 0. The highest BCUT2D eigenvalue weighted by Crippen LogP contribution is 2.34. The van der Waals surface area contributed by atoms with E-state index in [1.165, 1.54) is 28.0 Å². The van der Waals surface area contributed by atoms with Crippen LogP contribution in [0.4, 0.5) is 4.39 Å². The number of hydrogen-bond donors (Lipinski definition) is 2. The fraction of sp³-hybridized carbons (Fsp3) is 0.227. The van der Waals surface area contributed by atoms with Gasteiger partial charge in [-0.05, 0) is 29.1 Å². The molecule has 174 valence electrons. The SMILES string of the molecule is O=C(CSc1nc2c(cnn2CCO)c(=O)[nH]1)N1N=C(c2cccs2)CC1c1ccc(F)cc1. The standard InChI is InChI=1S/C22H19FN6O3S2/c23-14-5-3-13(4-6-14)17-10-16(18-2-1-9-33-18)27-29(17)19(31)12-34-22-25-20-15(21(32)26-22)11-24-28(20)7-8-30/h1-6,9,11,17,30H,7-8,10,12H2,(H,25,26,32). The number of hydrogen-bond acceptors (Lipinski definition) is 8. The smallest absolute Gasteiger partial charge is 0.262 e. The third-order valence-corrected chi connectivity index (χ3v) is 7.13. The minimum absolute atomic E-state index is 0.0124. The van der Waals surface area contributed by atoms with Crippen molar-refractivity contribution in [3.63, 3.8) is 0 Å². The first-order valence-electron chi connectivity index (χ1n) is 10.4. The molecule has 1 aromatic carbocycles. The molecule has 0 bridgehead atoms. The van der Waals surface area contributed by atoms with Crippen LogP contribution in [-0.2, 0) is 11.3 Å². The molecule has 0 spiro atoms. The molecule has 0 aliphatic carbocycles. The highest BCUT2D eigenvalue weighted by atomic mass is 32.2. The first-order valence-corrected chi connectivity index (χ1v) is 12.3. The first kappa shape index (κ1) is 22.4. The number of thioether (sulfide) groups is 1. The first-order chi connectivity index (χ1) is 16.5. The average molecular weight is 499 g/mol. The van der Waals surface area contributed by atoms with Gasteiger partial charge in [-0.25, -0.2) is 19.1 Å². The zero-order chi connectivity index (χ0) is 23.7. The number of halogens is 1. The predicted octanol–water partition coefficient (Wildman–Crippen LogP) is 2.78. The van der Waals surface area contributed by atoms with Gasteiger partial charge in [0.15, 0.2) is 10.8 Å². The molecule has 3 aromatic heterocycles. The summed E-state index contributed by atoms with van der Waals surface area (Å²) in [5.41, 5.74) is 1.56. The third kappa shape index (κ3) is 4.39. The summed E-state index contributed by atoms with van der Waals surface area (Å²) in [5, 5.41) is 21.8. The lowest BCUT2D eigenvalue weighted by molar-refractivity contribution is -0.130. The zero-order valence-corrected chi connectivity index (χ0v) is 19.4. The van der Waals surface area contributed by atoms with Gasteiger partial charge in [0.1, 0.15) is 11.2 Å².